The van der Waals surface area contributed by atoms with Crippen molar-refractivity contribution in [3.8, 4) is 0 Å². The van der Waals surface area contributed by atoms with Crippen molar-refractivity contribution >= 4 is 33.5 Å². The standard InChI is InChI=1S/C10H6F2N4O4/c11-3-1-5(15(17)18)9(13)8-4(12)2-6(16(19)20)10(14)7(3)8/h1-2H,13-14H2. The maximum absolute atomic E-state index is 13.8. The van der Waals surface area contributed by atoms with E-state index in [0.29, 0.717) is 12.1 Å². The van der Waals surface area contributed by atoms with Gasteiger partial charge in [0.25, 0.3) is 11.4 Å². The molecule has 2 aromatic rings. The van der Waals surface area contributed by atoms with E-state index in [-0.39, 0.29) is 0 Å². The lowest BCUT2D eigenvalue weighted by Gasteiger charge is -2.08. The molecule has 0 amide bonds. The van der Waals surface area contributed by atoms with Crippen molar-refractivity contribution in [2.24, 2.45) is 0 Å². The highest BCUT2D eigenvalue weighted by atomic mass is 19.1. The summed E-state index contributed by atoms with van der Waals surface area (Å²) in [6.07, 6.45) is 0. The van der Waals surface area contributed by atoms with Crippen LogP contribution < -0.4 is 11.5 Å². The molecule has 0 atom stereocenters. The highest BCUT2D eigenvalue weighted by Crippen LogP contribution is 2.40. The highest BCUT2D eigenvalue weighted by molar-refractivity contribution is 6.06. The average Bonchev–Trinajstić information content (AvgIpc) is 2.35. The van der Waals surface area contributed by atoms with Gasteiger partial charge in [-0.25, -0.2) is 8.78 Å². The van der Waals surface area contributed by atoms with E-state index in [2.05, 4.69) is 0 Å². The zero-order valence-corrected chi connectivity index (χ0v) is 9.59. The summed E-state index contributed by atoms with van der Waals surface area (Å²) in [6.45, 7) is 0. The second kappa shape index (κ2) is 4.26. The van der Waals surface area contributed by atoms with Crippen molar-refractivity contribution in [3.63, 3.8) is 0 Å². The lowest BCUT2D eigenvalue weighted by molar-refractivity contribution is -0.384. The van der Waals surface area contributed by atoms with Gasteiger partial charge in [-0.1, -0.05) is 0 Å². The summed E-state index contributed by atoms with van der Waals surface area (Å²) in [5.74, 6) is -2.53. The Morgan fingerprint density at radius 3 is 1.40 bits per heavy atom. The number of anilines is 2. The molecule has 0 aliphatic carbocycles. The molecule has 0 unspecified atom stereocenters. The summed E-state index contributed by atoms with van der Waals surface area (Å²) in [5, 5.41) is 20.1. The van der Waals surface area contributed by atoms with Crippen LogP contribution in [0.5, 0.6) is 0 Å². The van der Waals surface area contributed by atoms with Crippen LogP contribution in [0.15, 0.2) is 12.1 Å². The van der Waals surface area contributed by atoms with Crippen LogP contribution in [0.1, 0.15) is 0 Å². The zero-order valence-electron chi connectivity index (χ0n) is 9.59. The Labute approximate surface area is 108 Å². The number of benzene rings is 2. The molecule has 0 radical (unpaired) electrons. The van der Waals surface area contributed by atoms with Crippen LogP contribution in [-0.4, -0.2) is 9.85 Å². The molecule has 8 nitrogen and oxygen atoms in total. The fourth-order valence-electron chi connectivity index (χ4n) is 1.86. The van der Waals surface area contributed by atoms with Gasteiger partial charge in [-0.15, -0.1) is 0 Å². The van der Waals surface area contributed by atoms with Crippen LogP contribution in [-0.2, 0) is 0 Å². The lowest BCUT2D eigenvalue weighted by atomic mass is 10.0. The van der Waals surface area contributed by atoms with Crippen LogP contribution in [0.4, 0.5) is 31.5 Å². The first-order chi connectivity index (χ1) is 9.25. The molecule has 0 saturated heterocycles. The van der Waals surface area contributed by atoms with Crippen molar-refractivity contribution in [3.05, 3.63) is 44.0 Å². The Bertz CT molecular complexity index is 713. The first-order valence-corrected chi connectivity index (χ1v) is 5.04. The largest absolute Gasteiger partial charge is 0.393 e. The van der Waals surface area contributed by atoms with E-state index in [1.807, 2.05) is 0 Å². The maximum Gasteiger partial charge on any atom is 0.295 e. The van der Waals surface area contributed by atoms with Gasteiger partial charge in [0.05, 0.1) is 32.8 Å². The lowest BCUT2D eigenvalue weighted by Crippen LogP contribution is -2.04. The van der Waals surface area contributed by atoms with Gasteiger partial charge < -0.3 is 11.5 Å². The van der Waals surface area contributed by atoms with Crippen LogP contribution in [0.3, 0.4) is 0 Å². The third kappa shape index (κ3) is 1.74. The van der Waals surface area contributed by atoms with Gasteiger partial charge in [0.1, 0.15) is 23.0 Å². The Morgan fingerprint density at radius 2 is 1.15 bits per heavy atom. The van der Waals surface area contributed by atoms with Gasteiger partial charge in [-0.3, -0.25) is 20.2 Å². The minimum Gasteiger partial charge on any atom is -0.393 e. The van der Waals surface area contributed by atoms with Gasteiger partial charge in [-0.2, -0.15) is 0 Å². The zero-order chi connectivity index (χ0) is 15.2. The summed E-state index contributed by atoms with van der Waals surface area (Å²) in [7, 11) is 0. The summed E-state index contributed by atoms with van der Waals surface area (Å²) in [4.78, 5) is 19.4. The second-order valence-electron chi connectivity index (χ2n) is 3.85. The quantitative estimate of drug-likeness (QED) is 0.491. The van der Waals surface area contributed by atoms with Gasteiger partial charge in [0, 0.05) is 0 Å². The molecule has 0 aliphatic heterocycles. The van der Waals surface area contributed by atoms with Gasteiger partial charge >= 0.3 is 0 Å². The fourth-order valence-corrected chi connectivity index (χ4v) is 1.86. The number of nitro groups is 2. The predicted octanol–water partition coefficient (Wildman–Crippen LogP) is 2.10. The molecule has 0 bridgehead atoms. The Kier molecular flexibility index (Phi) is 2.85. The SMILES string of the molecule is Nc1c([N+](=O)[O-])cc(F)c2c(N)c([N+](=O)[O-])cc(F)c12. The molecule has 0 aromatic heterocycles. The molecule has 4 N–H and O–H groups in total. The van der Waals surface area contributed by atoms with Crippen molar-refractivity contribution in [1.82, 2.24) is 0 Å². The average molecular weight is 284 g/mol. The van der Waals surface area contributed by atoms with E-state index in [0.717, 1.165) is 0 Å². The van der Waals surface area contributed by atoms with Crippen LogP contribution >= 0.6 is 0 Å². The molecule has 0 saturated carbocycles. The number of hydrogen-bond donors (Lipinski definition) is 2. The maximum atomic E-state index is 13.8. The first kappa shape index (κ1) is 13.4. The second-order valence-corrected chi connectivity index (χ2v) is 3.85. The van der Waals surface area contributed by atoms with E-state index < -0.39 is 55.0 Å². The predicted molar refractivity (Wildman–Crippen MR) is 66.0 cm³/mol. The van der Waals surface area contributed by atoms with Gasteiger partial charge in [-0.05, 0) is 0 Å². The topological polar surface area (TPSA) is 138 Å². The van der Waals surface area contributed by atoms with Gasteiger partial charge in [0.2, 0.25) is 0 Å². The number of hydrogen-bond acceptors (Lipinski definition) is 6. The number of nitrogen functional groups attached to an aromatic ring is 2. The number of nitrogens with zero attached hydrogens (tertiary/aromatic N) is 2. The Hall–Kier alpha value is -3.04. The fraction of sp³-hybridized carbons (Fsp3) is 0. The monoisotopic (exact) mass is 284 g/mol. The van der Waals surface area contributed by atoms with E-state index in [1.165, 1.54) is 0 Å². The van der Waals surface area contributed by atoms with Crippen molar-refractivity contribution < 1.29 is 18.6 Å². The molecule has 0 spiro atoms. The molecular formula is C10H6F2N4O4. The van der Waals surface area contributed by atoms with Crippen LogP contribution in [0.2, 0.25) is 0 Å². The van der Waals surface area contributed by atoms with E-state index in [9.17, 15) is 29.0 Å². The number of fused-ring (bicyclic) bond motifs is 1. The summed E-state index contributed by atoms with van der Waals surface area (Å²) in [6, 6.07) is 0.883. The number of rotatable bonds is 2. The number of halogens is 2. The summed E-state index contributed by atoms with van der Waals surface area (Å²) >= 11 is 0. The molecule has 0 heterocycles. The van der Waals surface area contributed by atoms with Crippen LogP contribution in [0.25, 0.3) is 10.8 Å². The summed E-state index contributed by atoms with van der Waals surface area (Å²) < 4.78 is 27.7. The molecular weight excluding hydrogens is 278 g/mol. The third-order valence-corrected chi connectivity index (χ3v) is 2.74. The molecule has 0 fully saturated rings. The van der Waals surface area contributed by atoms with Crippen molar-refractivity contribution in [2.75, 3.05) is 11.5 Å². The van der Waals surface area contributed by atoms with Crippen molar-refractivity contribution in [2.45, 2.75) is 0 Å². The van der Waals surface area contributed by atoms with Crippen LogP contribution in [0, 0.1) is 31.9 Å². The summed E-state index contributed by atoms with van der Waals surface area (Å²) in [5.41, 5.74) is 7.84. The molecule has 104 valence electrons. The highest BCUT2D eigenvalue weighted by Gasteiger charge is 2.27. The number of nitro benzene ring substituents is 2. The van der Waals surface area contributed by atoms with Gasteiger partial charge in [0.15, 0.2) is 0 Å². The van der Waals surface area contributed by atoms with E-state index in [1.54, 1.807) is 0 Å². The molecule has 20 heavy (non-hydrogen) atoms. The molecule has 2 rings (SSSR count). The molecule has 10 heteroatoms. The third-order valence-electron chi connectivity index (χ3n) is 2.74. The van der Waals surface area contributed by atoms with E-state index >= 15 is 0 Å². The molecule has 2 aromatic carbocycles. The minimum absolute atomic E-state index is 0.442. The normalized spacial score (nSPS) is 10.7. The van der Waals surface area contributed by atoms with Crippen molar-refractivity contribution in [1.29, 1.82) is 0 Å². The number of nitrogens with two attached hydrogens (primary N) is 2. The Morgan fingerprint density at radius 1 is 0.850 bits per heavy atom. The first-order valence-electron chi connectivity index (χ1n) is 5.04. The Balaban J connectivity index is 3.05. The molecule has 0 aliphatic rings. The van der Waals surface area contributed by atoms with E-state index in [4.69, 9.17) is 11.5 Å². The smallest absolute Gasteiger partial charge is 0.295 e. The minimum atomic E-state index is -1.26.